The summed E-state index contributed by atoms with van der Waals surface area (Å²) in [7, 11) is 0. The zero-order valence-corrected chi connectivity index (χ0v) is 11.1. The van der Waals surface area contributed by atoms with Crippen molar-refractivity contribution in [2.45, 2.75) is 26.2 Å². The van der Waals surface area contributed by atoms with Gasteiger partial charge in [-0.1, -0.05) is 43.7 Å². The summed E-state index contributed by atoms with van der Waals surface area (Å²) >= 11 is 0. The first kappa shape index (κ1) is 13.3. The number of carbonyl (C=O) groups is 1. The highest BCUT2D eigenvalue weighted by Crippen LogP contribution is 2.08. The minimum atomic E-state index is -0.105. The molecule has 1 heterocycles. The number of aliphatic imine (C=N–C) groups is 1. The number of allylic oxidation sites excluding steroid dienone is 1. The molecule has 3 heteroatoms. The smallest absolute Gasteiger partial charge is 0.256 e. The Morgan fingerprint density at radius 3 is 2.79 bits per heavy atom. The average molecular weight is 254 g/mol. The summed E-state index contributed by atoms with van der Waals surface area (Å²) < 4.78 is 0. The number of hydrogen-bond donors (Lipinski definition) is 1. The second kappa shape index (κ2) is 6.69. The lowest BCUT2D eigenvalue weighted by Gasteiger charge is -2.04. The molecule has 0 spiro atoms. The van der Waals surface area contributed by atoms with Gasteiger partial charge in [-0.2, -0.15) is 0 Å². The van der Waals surface area contributed by atoms with Crippen LogP contribution in [0, 0.1) is 0 Å². The van der Waals surface area contributed by atoms with Crippen LogP contribution in [0.5, 0.6) is 0 Å². The highest BCUT2D eigenvalue weighted by Gasteiger charge is 2.08. The van der Waals surface area contributed by atoms with E-state index in [1.54, 1.807) is 6.20 Å². The topological polar surface area (TPSA) is 41.5 Å². The zero-order valence-electron chi connectivity index (χ0n) is 11.1. The highest BCUT2D eigenvalue weighted by atomic mass is 16.1. The van der Waals surface area contributed by atoms with E-state index in [0.717, 1.165) is 18.4 Å². The molecule has 3 nitrogen and oxygen atoms in total. The largest absolute Gasteiger partial charge is 0.310 e. The standard InChI is InChI=1S/C16H18N2O/c1-2-3-4-6-13-8-10-14(11-9-13)16(19)18-15-7-5-12-17-15/h4-6,8-12H,2-3,7H2,1H3,(H,17,18,19)/b6-4+. The lowest BCUT2D eigenvalue weighted by Crippen LogP contribution is -2.29. The molecule has 0 saturated carbocycles. The van der Waals surface area contributed by atoms with E-state index in [2.05, 4.69) is 29.4 Å². The first-order chi connectivity index (χ1) is 9.29. The number of rotatable bonds is 4. The number of carbonyl (C=O) groups excluding carboxylic acids is 1. The molecule has 1 aliphatic heterocycles. The summed E-state index contributed by atoms with van der Waals surface area (Å²) in [4.78, 5) is 16.0. The Hall–Kier alpha value is -2.16. The number of nitrogens with zero attached hydrogens (tertiary/aromatic N) is 1. The molecular weight excluding hydrogens is 236 g/mol. The van der Waals surface area contributed by atoms with Crippen molar-refractivity contribution in [1.82, 2.24) is 5.32 Å². The Kier molecular flexibility index (Phi) is 4.67. The minimum absolute atomic E-state index is 0.105. The van der Waals surface area contributed by atoms with Crippen LogP contribution in [0.3, 0.4) is 0 Å². The number of amidine groups is 1. The van der Waals surface area contributed by atoms with Gasteiger partial charge in [-0.25, -0.2) is 4.99 Å². The van der Waals surface area contributed by atoms with Crippen molar-refractivity contribution in [2.24, 2.45) is 4.99 Å². The van der Waals surface area contributed by atoms with Crippen molar-refractivity contribution in [3.05, 3.63) is 53.7 Å². The fraction of sp³-hybridized carbons (Fsp3) is 0.250. The fourth-order valence-electron chi connectivity index (χ4n) is 1.78. The predicted molar refractivity (Wildman–Crippen MR) is 79.0 cm³/mol. The molecule has 0 fully saturated rings. The van der Waals surface area contributed by atoms with Crippen LogP contribution in [0.1, 0.15) is 42.1 Å². The maximum absolute atomic E-state index is 11.9. The van der Waals surface area contributed by atoms with Crippen molar-refractivity contribution in [3.63, 3.8) is 0 Å². The van der Waals surface area contributed by atoms with Crippen LogP contribution in [-0.2, 0) is 0 Å². The lowest BCUT2D eigenvalue weighted by molar-refractivity contribution is 0.0976. The van der Waals surface area contributed by atoms with Gasteiger partial charge in [-0.3, -0.25) is 4.79 Å². The van der Waals surface area contributed by atoms with Crippen LogP contribution in [0.2, 0.25) is 0 Å². The molecule has 2 rings (SSSR count). The molecule has 1 aromatic rings. The summed E-state index contributed by atoms with van der Waals surface area (Å²) in [5, 5.41) is 2.80. The van der Waals surface area contributed by atoms with E-state index in [9.17, 15) is 4.79 Å². The summed E-state index contributed by atoms with van der Waals surface area (Å²) in [5.41, 5.74) is 1.77. The molecule has 98 valence electrons. The van der Waals surface area contributed by atoms with Gasteiger partial charge in [0.2, 0.25) is 0 Å². The van der Waals surface area contributed by atoms with E-state index < -0.39 is 0 Å². The zero-order chi connectivity index (χ0) is 13.5. The third-order valence-electron chi connectivity index (χ3n) is 2.84. The number of nitrogens with one attached hydrogen (secondary N) is 1. The molecule has 0 atom stereocenters. The van der Waals surface area contributed by atoms with Crippen molar-refractivity contribution in [1.29, 1.82) is 0 Å². The number of hydrogen-bond acceptors (Lipinski definition) is 2. The Morgan fingerprint density at radius 2 is 2.16 bits per heavy atom. The molecule has 0 bridgehead atoms. The lowest BCUT2D eigenvalue weighted by atomic mass is 10.1. The fourth-order valence-corrected chi connectivity index (χ4v) is 1.78. The van der Waals surface area contributed by atoms with E-state index in [1.807, 2.05) is 30.3 Å². The monoisotopic (exact) mass is 254 g/mol. The van der Waals surface area contributed by atoms with E-state index in [-0.39, 0.29) is 5.91 Å². The third-order valence-corrected chi connectivity index (χ3v) is 2.84. The van der Waals surface area contributed by atoms with Gasteiger partial charge < -0.3 is 5.32 Å². The van der Waals surface area contributed by atoms with Crippen molar-refractivity contribution >= 4 is 17.8 Å². The quantitative estimate of drug-likeness (QED) is 0.877. The Labute approximate surface area is 113 Å². The van der Waals surface area contributed by atoms with E-state index >= 15 is 0 Å². The van der Waals surface area contributed by atoms with E-state index in [0.29, 0.717) is 17.8 Å². The van der Waals surface area contributed by atoms with Gasteiger partial charge in [0, 0.05) is 18.2 Å². The van der Waals surface area contributed by atoms with Gasteiger partial charge in [0.25, 0.3) is 5.91 Å². The first-order valence-electron chi connectivity index (χ1n) is 6.59. The second-order valence-corrected chi connectivity index (χ2v) is 4.43. The molecule has 1 N–H and O–H groups in total. The number of benzene rings is 1. The Balaban J connectivity index is 1.95. The SMILES string of the molecule is CCC/C=C/c1ccc(C(=O)NC2=NC=CC2)cc1. The predicted octanol–water partition coefficient (Wildman–Crippen LogP) is 3.55. The molecule has 0 aliphatic carbocycles. The molecule has 1 aromatic carbocycles. The van der Waals surface area contributed by atoms with E-state index in [1.165, 1.54) is 0 Å². The van der Waals surface area contributed by atoms with Gasteiger partial charge in [-0.15, -0.1) is 0 Å². The molecule has 0 saturated heterocycles. The van der Waals surface area contributed by atoms with Crippen LogP contribution < -0.4 is 5.32 Å². The van der Waals surface area contributed by atoms with Gasteiger partial charge in [0.1, 0.15) is 5.84 Å². The van der Waals surface area contributed by atoms with Gasteiger partial charge in [-0.05, 0) is 24.1 Å². The Morgan fingerprint density at radius 1 is 1.37 bits per heavy atom. The molecule has 0 aromatic heterocycles. The van der Waals surface area contributed by atoms with Crippen LogP contribution in [0.4, 0.5) is 0 Å². The molecule has 1 amide bonds. The first-order valence-corrected chi connectivity index (χ1v) is 6.59. The normalized spacial score (nSPS) is 13.8. The van der Waals surface area contributed by atoms with E-state index in [4.69, 9.17) is 0 Å². The van der Waals surface area contributed by atoms with Crippen LogP contribution in [-0.4, -0.2) is 11.7 Å². The van der Waals surface area contributed by atoms with Crippen LogP contribution in [0.25, 0.3) is 6.08 Å². The molecule has 19 heavy (non-hydrogen) atoms. The van der Waals surface area contributed by atoms with Crippen molar-refractivity contribution in [3.8, 4) is 0 Å². The Bertz CT molecular complexity index is 524. The maximum Gasteiger partial charge on any atom is 0.256 e. The van der Waals surface area contributed by atoms with Crippen molar-refractivity contribution < 1.29 is 4.79 Å². The average Bonchev–Trinajstić information content (AvgIpc) is 2.93. The highest BCUT2D eigenvalue weighted by molar-refractivity contribution is 6.07. The minimum Gasteiger partial charge on any atom is -0.310 e. The second-order valence-electron chi connectivity index (χ2n) is 4.43. The molecule has 1 aliphatic rings. The maximum atomic E-state index is 11.9. The summed E-state index contributed by atoms with van der Waals surface area (Å²) in [6, 6.07) is 7.58. The van der Waals surface area contributed by atoms with Gasteiger partial charge in [0.15, 0.2) is 0 Å². The third kappa shape index (κ3) is 3.91. The molecule has 0 unspecified atom stereocenters. The van der Waals surface area contributed by atoms with Crippen molar-refractivity contribution in [2.75, 3.05) is 0 Å². The number of unbranched alkanes of at least 4 members (excludes halogenated alkanes) is 1. The van der Waals surface area contributed by atoms with Crippen LogP contribution >= 0.6 is 0 Å². The van der Waals surface area contributed by atoms with Crippen LogP contribution in [0.15, 0.2) is 47.6 Å². The van der Waals surface area contributed by atoms with Gasteiger partial charge in [0.05, 0.1) is 0 Å². The summed E-state index contributed by atoms with van der Waals surface area (Å²) in [6.07, 6.45) is 10.8. The number of amides is 1. The molecular formula is C16H18N2O. The molecule has 0 radical (unpaired) electrons. The van der Waals surface area contributed by atoms with Gasteiger partial charge >= 0.3 is 0 Å². The summed E-state index contributed by atoms with van der Waals surface area (Å²) in [6.45, 7) is 2.15. The summed E-state index contributed by atoms with van der Waals surface area (Å²) in [5.74, 6) is 0.600.